The highest BCUT2D eigenvalue weighted by atomic mass is 79.9. The molecule has 1 aromatic heterocycles. The number of rotatable bonds is 2. The minimum absolute atomic E-state index is 0.129. The van der Waals surface area contributed by atoms with Crippen LogP contribution in [-0.2, 0) is 0 Å². The Morgan fingerprint density at radius 3 is 1.84 bits per heavy atom. The average Bonchev–Trinajstić information content (AvgIpc) is 2.80. The Balaban J connectivity index is 2.67. The van der Waals surface area contributed by atoms with E-state index in [1.807, 2.05) is 0 Å². The highest BCUT2D eigenvalue weighted by Gasteiger charge is 2.32. The lowest BCUT2D eigenvalue weighted by atomic mass is 10.0. The summed E-state index contributed by atoms with van der Waals surface area (Å²) in [5.74, 6) is -11.1. The minimum Gasteiger partial charge on any atom is -0.465 e. The molecule has 0 aliphatic rings. The highest BCUT2D eigenvalue weighted by Crippen LogP contribution is 2.34. The van der Waals surface area contributed by atoms with Crippen molar-refractivity contribution in [2.75, 3.05) is 0 Å². The Labute approximate surface area is 111 Å². The highest BCUT2D eigenvalue weighted by molar-refractivity contribution is 9.10. The summed E-state index contributed by atoms with van der Waals surface area (Å²) in [5.41, 5.74) is -1.37. The third-order valence-electron chi connectivity index (χ3n) is 2.41. The second-order valence-corrected chi connectivity index (χ2v) is 4.37. The zero-order chi connectivity index (χ0) is 14.3. The van der Waals surface area contributed by atoms with E-state index >= 15 is 0 Å². The summed E-state index contributed by atoms with van der Waals surface area (Å²) in [7, 11) is 0. The van der Waals surface area contributed by atoms with Crippen LogP contribution >= 0.6 is 15.9 Å². The van der Waals surface area contributed by atoms with Gasteiger partial charge in [0.05, 0.1) is 16.3 Å². The molecule has 0 radical (unpaired) electrons. The minimum atomic E-state index is -2.29. The molecule has 8 heteroatoms. The van der Waals surface area contributed by atoms with Gasteiger partial charge in [0, 0.05) is 0 Å². The second-order valence-electron chi connectivity index (χ2n) is 3.52. The maximum Gasteiger partial charge on any atom is 0.200 e. The Kier molecular flexibility index (Phi) is 3.64. The zero-order valence-electron chi connectivity index (χ0n) is 8.86. The van der Waals surface area contributed by atoms with Gasteiger partial charge in [0.15, 0.2) is 29.0 Å². The first kappa shape index (κ1) is 14.0. The molecule has 1 aromatic carbocycles. The molecule has 19 heavy (non-hydrogen) atoms. The molecule has 2 rings (SSSR count). The van der Waals surface area contributed by atoms with Gasteiger partial charge in [-0.25, -0.2) is 22.0 Å². The standard InChI is InChI=1S/C11H4BrF5O2/c12-3-1-2-19-11(3)10(18)4-5(13)7(15)9(17)8(16)6(4)14/h1-2,10,18H. The number of benzene rings is 1. The summed E-state index contributed by atoms with van der Waals surface area (Å²) in [5, 5.41) is 9.70. The molecule has 2 nitrogen and oxygen atoms in total. The second kappa shape index (κ2) is 4.93. The third kappa shape index (κ3) is 2.14. The fourth-order valence-electron chi connectivity index (χ4n) is 1.49. The van der Waals surface area contributed by atoms with Crippen molar-refractivity contribution in [2.45, 2.75) is 6.10 Å². The van der Waals surface area contributed by atoms with E-state index in [-0.39, 0.29) is 10.2 Å². The smallest absolute Gasteiger partial charge is 0.200 e. The van der Waals surface area contributed by atoms with E-state index in [1.54, 1.807) is 0 Å². The van der Waals surface area contributed by atoms with Crippen LogP contribution in [0.4, 0.5) is 22.0 Å². The van der Waals surface area contributed by atoms with Crippen molar-refractivity contribution in [2.24, 2.45) is 0 Å². The van der Waals surface area contributed by atoms with Gasteiger partial charge in [0.25, 0.3) is 0 Å². The monoisotopic (exact) mass is 342 g/mol. The molecule has 0 aliphatic heterocycles. The Hall–Kier alpha value is -1.41. The van der Waals surface area contributed by atoms with E-state index in [4.69, 9.17) is 4.42 Å². The van der Waals surface area contributed by atoms with E-state index in [0.717, 1.165) is 6.26 Å². The predicted octanol–water partition coefficient (Wildman–Crippen LogP) is 3.82. The molecule has 2 aromatic rings. The molecule has 0 spiro atoms. The summed E-state index contributed by atoms with van der Waals surface area (Å²) in [6.45, 7) is 0. The van der Waals surface area contributed by atoms with E-state index in [0.29, 0.717) is 0 Å². The molecule has 0 bridgehead atoms. The number of furan rings is 1. The Morgan fingerprint density at radius 2 is 1.42 bits per heavy atom. The molecule has 0 saturated carbocycles. The normalized spacial score (nSPS) is 12.8. The van der Waals surface area contributed by atoms with Crippen LogP contribution in [0.2, 0.25) is 0 Å². The fourth-order valence-corrected chi connectivity index (χ4v) is 1.91. The number of hydrogen-bond donors (Lipinski definition) is 1. The van der Waals surface area contributed by atoms with Crippen molar-refractivity contribution >= 4 is 15.9 Å². The van der Waals surface area contributed by atoms with Crippen LogP contribution in [0.25, 0.3) is 0 Å². The van der Waals surface area contributed by atoms with Gasteiger partial charge in [-0.3, -0.25) is 0 Å². The van der Waals surface area contributed by atoms with E-state index in [2.05, 4.69) is 15.9 Å². The number of aliphatic hydroxyl groups is 1. The topological polar surface area (TPSA) is 33.4 Å². The van der Waals surface area contributed by atoms with Gasteiger partial charge in [-0.2, -0.15) is 0 Å². The van der Waals surface area contributed by atoms with Crippen LogP contribution < -0.4 is 0 Å². The molecule has 1 unspecified atom stereocenters. The van der Waals surface area contributed by atoms with Crippen molar-refractivity contribution in [3.8, 4) is 0 Å². The Morgan fingerprint density at radius 1 is 0.947 bits per heavy atom. The van der Waals surface area contributed by atoms with Crippen molar-refractivity contribution in [1.29, 1.82) is 0 Å². The van der Waals surface area contributed by atoms with Crippen LogP contribution in [0.15, 0.2) is 21.2 Å². The first-order valence-electron chi connectivity index (χ1n) is 4.78. The van der Waals surface area contributed by atoms with Gasteiger partial charge in [-0.15, -0.1) is 0 Å². The van der Waals surface area contributed by atoms with Gasteiger partial charge >= 0.3 is 0 Å². The van der Waals surface area contributed by atoms with Crippen molar-refractivity contribution in [1.82, 2.24) is 0 Å². The van der Waals surface area contributed by atoms with Gasteiger partial charge in [0.1, 0.15) is 6.10 Å². The quantitative estimate of drug-likeness (QED) is 0.511. The summed E-state index contributed by atoms with van der Waals surface area (Å²) in [4.78, 5) is 0. The van der Waals surface area contributed by atoms with Gasteiger partial charge in [0.2, 0.25) is 5.82 Å². The van der Waals surface area contributed by atoms with Crippen LogP contribution in [0, 0.1) is 29.1 Å². The van der Waals surface area contributed by atoms with Crippen molar-refractivity contribution in [3.63, 3.8) is 0 Å². The molecule has 0 saturated heterocycles. The summed E-state index contributed by atoms with van der Waals surface area (Å²) < 4.78 is 70.6. The maximum absolute atomic E-state index is 13.4. The fraction of sp³-hybridized carbons (Fsp3) is 0.0909. The van der Waals surface area contributed by atoms with Gasteiger partial charge in [-0.1, -0.05) is 0 Å². The van der Waals surface area contributed by atoms with Gasteiger partial charge < -0.3 is 9.52 Å². The molecule has 102 valence electrons. The van der Waals surface area contributed by atoms with Crippen LogP contribution in [0.3, 0.4) is 0 Å². The van der Waals surface area contributed by atoms with Gasteiger partial charge in [-0.05, 0) is 22.0 Å². The first-order chi connectivity index (χ1) is 8.86. The molecule has 1 atom stereocenters. The number of halogens is 6. The lowest BCUT2D eigenvalue weighted by Crippen LogP contribution is -2.12. The van der Waals surface area contributed by atoms with Crippen molar-refractivity contribution < 1.29 is 31.5 Å². The summed E-state index contributed by atoms with van der Waals surface area (Å²) in [6, 6.07) is 1.30. The SMILES string of the molecule is OC(c1occc1Br)c1c(F)c(F)c(F)c(F)c1F. The largest absolute Gasteiger partial charge is 0.465 e. The van der Waals surface area contributed by atoms with E-state index in [9.17, 15) is 27.1 Å². The molecule has 0 amide bonds. The molecule has 0 aliphatic carbocycles. The zero-order valence-corrected chi connectivity index (χ0v) is 10.4. The van der Waals surface area contributed by atoms with Crippen LogP contribution in [0.1, 0.15) is 17.4 Å². The molecular weight excluding hydrogens is 339 g/mol. The Bertz CT molecular complexity index is 611. The number of hydrogen-bond acceptors (Lipinski definition) is 2. The maximum atomic E-state index is 13.4. The summed E-state index contributed by atoms with van der Waals surface area (Å²) >= 11 is 2.90. The third-order valence-corrected chi connectivity index (χ3v) is 3.07. The average molecular weight is 343 g/mol. The lowest BCUT2D eigenvalue weighted by molar-refractivity contribution is 0.174. The molecule has 1 heterocycles. The number of aliphatic hydroxyl groups excluding tert-OH is 1. The summed E-state index contributed by atoms with van der Waals surface area (Å²) in [6.07, 6.45) is -1.05. The first-order valence-corrected chi connectivity index (χ1v) is 5.57. The molecule has 1 N–H and O–H groups in total. The van der Waals surface area contributed by atoms with Crippen molar-refractivity contribution in [3.05, 3.63) is 57.2 Å². The molecular formula is C11H4BrF5O2. The molecule has 0 fully saturated rings. The van der Waals surface area contributed by atoms with E-state index in [1.165, 1.54) is 6.07 Å². The van der Waals surface area contributed by atoms with Crippen LogP contribution in [-0.4, -0.2) is 5.11 Å². The van der Waals surface area contributed by atoms with E-state index < -0.39 is 40.8 Å². The lowest BCUT2D eigenvalue weighted by Gasteiger charge is -2.13. The predicted molar refractivity (Wildman–Crippen MR) is 56.7 cm³/mol. The van der Waals surface area contributed by atoms with Crippen LogP contribution in [0.5, 0.6) is 0 Å².